The van der Waals surface area contributed by atoms with Crippen LogP contribution < -0.4 is 15.0 Å². The van der Waals surface area contributed by atoms with Crippen molar-refractivity contribution in [2.75, 3.05) is 58.3 Å². The van der Waals surface area contributed by atoms with Crippen LogP contribution in [0.25, 0.3) is 0 Å². The molecule has 1 N–H and O–H groups in total. The molecular weight excluding hydrogens is 406 g/mol. The number of ether oxygens (including phenoxy) is 1. The van der Waals surface area contributed by atoms with Crippen LogP contribution in [0.1, 0.15) is 24.4 Å². The van der Waals surface area contributed by atoms with E-state index in [1.165, 1.54) is 18.4 Å². The van der Waals surface area contributed by atoms with E-state index in [1.54, 1.807) is 29.9 Å². The first-order valence-electron chi connectivity index (χ1n) is 11.2. The molecule has 0 spiro atoms. The zero-order valence-corrected chi connectivity index (χ0v) is 19.2. The Hall–Kier alpha value is -3.07. The molecule has 2 aliphatic rings. The molecular formula is C23H33N7O2. The van der Waals surface area contributed by atoms with Crippen LogP contribution in [0.2, 0.25) is 0 Å². The van der Waals surface area contributed by atoms with Crippen molar-refractivity contribution in [3.05, 3.63) is 42.2 Å². The molecule has 2 aliphatic heterocycles. The molecule has 0 bridgehead atoms. The lowest BCUT2D eigenvalue weighted by atomic mass is 10.0. The first-order valence-corrected chi connectivity index (χ1v) is 11.2. The van der Waals surface area contributed by atoms with Crippen LogP contribution in [0.3, 0.4) is 0 Å². The summed E-state index contributed by atoms with van der Waals surface area (Å²) in [6.45, 7) is 4.45. The topological polar surface area (TPSA) is 78.2 Å². The molecule has 2 saturated heterocycles. The molecule has 0 saturated carbocycles. The molecule has 32 heavy (non-hydrogen) atoms. The standard InChI is InChI=1S/C23H33N7O2/c1-24-23(29-12-13-30(22(31)17-29)18-14-26-27(2)16-18)25-15-20(28-10-6-7-11-28)19-8-4-5-9-21(19)32-3/h4-5,8-9,14,16,20H,6-7,10-13,15,17H2,1-3H3,(H,24,25). The van der Waals surface area contributed by atoms with Gasteiger partial charge in [-0.25, -0.2) is 0 Å². The van der Waals surface area contributed by atoms with Gasteiger partial charge in [0.25, 0.3) is 0 Å². The number of benzene rings is 1. The summed E-state index contributed by atoms with van der Waals surface area (Å²) in [6.07, 6.45) is 6.03. The lowest BCUT2D eigenvalue weighted by Crippen LogP contribution is -2.56. The summed E-state index contributed by atoms with van der Waals surface area (Å²) in [4.78, 5) is 23.6. The Bertz CT molecular complexity index is 951. The van der Waals surface area contributed by atoms with Gasteiger partial charge >= 0.3 is 0 Å². The third-order valence-corrected chi connectivity index (χ3v) is 6.27. The van der Waals surface area contributed by atoms with Crippen molar-refractivity contribution in [1.29, 1.82) is 0 Å². The molecule has 9 nitrogen and oxygen atoms in total. The minimum Gasteiger partial charge on any atom is -0.496 e. The summed E-state index contributed by atoms with van der Waals surface area (Å²) >= 11 is 0. The van der Waals surface area contributed by atoms with Gasteiger partial charge in [0, 0.05) is 45.5 Å². The number of aliphatic imine (C=N–C) groups is 1. The lowest BCUT2D eigenvalue weighted by molar-refractivity contribution is -0.120. The molecule has 1 unspecified atom stereocenters. The number of rotatable bonds is 6. The largest absolute Gasteiger partial charge is 0.496 e. The number of nitrogens with one attached hydrogen (secondary N) is 1. The normalized spacial score (nSPS) is 18.8. The fourth-order valence-corrected chi connectivity index (χ4v) is 4.63. The number of likely N-dealkylation sites (tertiary alicyclic amines) is 1. The average Bonchev–Trinajstić information content (AvgIpc) is 3.49. The SMILES string of the molecule is CN=C(NCC(c1ccccc1OC)N1CCCC1)N1CCN(c2cnn(C)c2)C(=O)C1. The zero-order chi connectivity index (χ0) is 22.5. The number of amides is 1. The Balaban J connectivity index is 1.44. The van der Waals surface area contributed by atoms with Gasteiger partial charge < -0.3 is 19.9 Å². The molecule has 172 valence electrons. The Kier molecular flexibility index (Phi) is 6.94. The zero-order valence-electron chi connectivity index (χ0n) is 19.2. The molecule has 0 radical (unpaired) electrons. The van der Waals surface area contributed by atoms with Gasteiger partial charge in [-0.3, -0.25) is 19.4 Å². The fraction of sp³-hybridized carbons (Fsp3) is 0.522. The van der Waals surface area contributed by atoms with Gasteiger partial charge in [-0.15, -0.1) is 0 Å². The number of hydrogen-bond donors (Lipinski definition) is 1. The van der Waals surface area contributed by atoms with Crippen LogP contribution in [0, 0.1) is 0 Å². The Morgan fingerprint density at radius 2 is 2.00 bits per heavy atom. The fourth-order valence-electron chi connectivity index (χ4n) is 4.63. The van der Waals surface area contributed by atoms with Crippen LogP contribution in [0.15, 0.2) is 41.7 Å². The highest BCUT2D eigenvalue weighted by molar-refractivity contribution is 5.98. The van der Waals surface area contributed by atoms with E-state index in [9.17, 15) is 4.79 Å². The molecule has 0 aliphatic carbocycles. The second kappa shape index (κ2) is 10.0. The van der Waals surface area contributed by atoms with Crippen LogP contribution in [0.5, 0.6) is 5.75 Å². The number of piperazine rings is 1. The molecule has 1 atom stereocenters. The molecule has 1 amide bonds. The molecule has 2 aromatic rings. The smallest absolute Gasteiger partial charge is 0.246 e. The summed E-state index contributed by atoms with van der Waals surface area (Å²) in [5.41, 5.74) is 2.02. The van der Waals surface area contributed by atoms with E-state index in [-0.39, 0.29) is 18.5 Å². The molecule has 1 aromatic heterocycles. The predicted molar refractivity (Wildman–Crippen MR) is 125 cm³/mol. The summed E-state index contributed by atoms with van der Waals surface area (Å²) in [5, 5.41) is 7.72. The van der Waals surface area contributed by atoms with Gasteiger partial charge in [-0.2, -0.15) is 5.10 Å². The van der Waals surface area contributed by atoms with E-state index in [4.69, 9.17) is 4.74 Å². The number of anilines is 1. The van der Waals surface area contributed by atoms with Crippen LogP contribution in [0.4, 0.5) is 5.69 Å². The van der Waals surface area contributed by atoms with E-state index < -0.39 is 0 Å². The number of hydrogen-bond acceptors (Lipinski definition) is 5. The first kappa shape index (κ1) is 22.1. The van der Waals surface area contributed by atoms with Crippen molar-refractivity contribution >= 4 is 17.6 Å². The van der Waals surface area contributed by atoms with Crippen molar-refractivity contribution < 1.29 is 9.53 Å². The van der Waals surface area contributed by atoms with Crippen molar-refractivity contribution in [1.82, 2.24) is 24.9 Å². The summed E-state index contributed by atoms with van der Waals surface area (Å²) < 4.78 is 7.37. The molecule has 2 fully saturated rings. The maximum atomic E-state index is 12.8. The number of para-hydroxylation sites is 1. The quantitative estimate of drug-likeness (QED) is 0.543. The lowest BCUT2D eigenvalue weighted by Gasteiger charge is -2.36. The molecule has 4 rings (SSSR count). The number of carbonyl (C=O) groups excluding carboxylic acids is 1. The maximum absolute atomic E-state index is 12.8. The Morgan fingerprint density at radius 1 is 1.22 bits per heavy atom. The summed E-state index contributed by atoms with van der Waals surface area (Å²) in [5.74, 6) is 1.71. The van der Waals surface area contributed by atoms with E-state index in [1.807, 2.05) is 30.3 Å². The van der Waals surface area contributed by atoms with Crippen molar-refractivity contribution in [2.24, 2.45) is 12.0 Å². The van der Waals surface area contributed by atoms with Gasteiger partial charge in [0.05, 0.1) is 25.0 Å². The van der Waals surface area contributed by atoms with E-state index >= 15 is 0 Å². The van der Waals surface area contributed by atoms with Crippen molar-refractivity contribution in [3.63, 3.8) is 0 Å². The highest BCUT2D eigenvalue weighted by Crippen LogP contribution is 2.31. The van der Waals surface area contributed by atoms with Gasteiger partial charge in [0.1, 0.15) is 12.3 Å². The van der Waals surface area contributed by atoms with E-state index in [0.717, 1.165) is 30.5 Å². The number of guanidine groups is 1. The van der Waals surface area contributed by atoms with Gasteiger partial charge in [-0.05, 0) is 32.0 Å². The average molecular weight is 440 g/mol. The highest BCUT2D eigenvalue weighted by Gasteiger charge is 2.30. The second-order valence-electron chi connectivity index (χ2n) is 8.27. The second-order valence-corrected chi connectivity index (χ2v) is 8.27. The van der Waals surface area contributed by atoms with Gasteiger partial charge in [0.2, 0.25) is 5.91 Å². The molecule has 1 aromatic carbocycles. The van der Waals surface area contributed by atoms with Crippen molar-refractivity contribution in [3.8, 4) is 5.75 Å². The Morgan fingerprint density at radius 3 is 2.66 bits per heavy atom. The van der Waals surface area contributed by atoms with E-state index in [2.05, 4.69) is 32.4 Å². The third-order valence-electron chi connectivity index (χ3n) is 6.27. The Labute approximate surface area is 189 Å². The highest BCUT2D eigenvalue weighted by atomic mass is 16.5. The van der Waals surface area contributed by atoms with Crippen molar-refractivity contribution in [2.45, 2.75) is 18.9 Å². The summed E-state index contributed by atoms with van der Waals surface area (Å²) in [6, 6.07) is 8.40. The number of carbonyl (C=O) groups is 1. The molecule has 3 heterocycles. The third kappa shape index (κ3) is 4.72. The monoisotopic (exact) mass is 439 g/mol. The summed E-state index contributed by atoms with van der Waals surface area (Å²) in [7, 11) is 5.35. The maximum Gasteiger partial charge on any atom is 0.246 e. The number of aromatic nitrogens is 2. The van der Waals surface area contributed by atoms with E-state index in [0.29, 0.717) is 19.6 Å². The number of aryl methyl sites for hydroxylation is 1. The molecule has 9 heteroatoms. The van der Waals surface area contributed by atoms with Crippen LogP contribution in [-0.2, 0) is 11.8 Å². The van der Waals surface area contributed by atoms with Crippen LogP contribution in [-0.4, -0.2) is 84.9 Å². The van der Waals surface area contributed by atoms with Gasteiger partial charge in [0.15, 0.2) is 5.96 Å². The predicted octanol–water partition coefficient (Wildman–Crippen LogP) is 1.49. The minimum atomic E-state index is 0.0491. The number of methoxy groups -OCH3 is 1. The van der Waals surface area contributed by atoms with Crippen LogP contribution >= 0.6 is 0 Å². The van der Waals surface area contributed by atoms with Gasteiger partial charge in [-0.1, -0.05) is 18.2 Å². The number of nitrogens with zero attached hydrogens (tertiary/aromatic N) is 6. The first-order chi connectivity index (χ1) is 15.6. The minimum absolute atomic E-state index is 0.0491.